The molecule has 2 aliphatic heterocycles. The van der Waals surface area contributed by atoms with Crippen molar-refractivity contribution < 1.29 is 0 Å². The first-order valence-electron chi connectivity index (χ1n) is 13.1. The van der Waals surface area contributed by atoms with Crippen molar-refractivity contribution >= 4 is 70.0 Å². The molecule has 7 aliphatic rings. The monoisotopic (exact) mass is 534 g/mol. The smallest absolute Gasteiger partial charge is 0.0706 e. The van der Waals surface area contributed by atoms with E-state index in [1.807, 2.05) is 47.0 Å². The molecule has 10 rings (SSSR count). The summed E-state index contributed by atoms with van der Waals surface area (Å²) in [5.41, 5.74) is 3.15. The molecule has 0 nitrogen and oxygen atoms in total. The molecule has 1 fully saturated rings. The van der Waals surface area contributed by atoms with Gasteiger partial charge in [-0.25, -0.2) is 0 Å². The van der Waals surface area contributed by atoms with Crippen LogP contribution in [0.4, 0.5) is 0 Å². The van der Waals surface area contributed by atoms with Gasteiger partial charge in [-0.1, -0.05) is 95.6 Å². The van der Waals surface area contributed by atoms with Crippen molar-refractivity contribution in [2.45, 2.75) is 44.3 Å². The zero-order valence-corrected chi connectivity index (χ0v) is 22.7. The van der Waals surface area contributed by atoms with Crippen LogP contribution in [0.3, 0.4) is 0 Å². The molecule has 5 aliphatic carbocycles. The van der Waals surface area contributed by atoms with Crippen molar-refractivity contribution in [3.8, 4) is 0 Å². The average Bonchev–Trinajstić information content (AvgIpc) is 3.73. The van der Waals surface area contributed by atoms with Gasteiger partial charge in [0.25, 0.3) is 0 Å². The highest BCUT2D eigenvalue weighted by Gasteiger charge is 2.43. The second-order valence-electron chi connectivity index (χ2n) is 11.3. The Bertz CT molecular complexity index is 1670. The SMILES string of the molecule is C1=CC2CC1c1cc3cc4c(cc3cc12)SC(=C1Sc2cc3c(cc2S1)=CC1C2C=CC(C2)C1C=3)S4. The summed E-state index contributed by atoms with van der Waals surface area (Å²) in [4.78, 5) is 5.76. The molecule has 0 N–H and O–H groups in total. The van der Waals surface area contributed by atoms with Crippen molar-refractivity contribution in [3.63, 3.8) is 0 Å². The summed E-state index contributed by atoms with van der Waals surface area (Å²) in [5, 5.41) is 5.76. The maximum Gasteiger partial charge on any atom is 0.0706 e. The summed E-state index contributed by atoms with van der Waals surface area (Å²) in [6, 6.07) is 14.8. The summed E-state index contributed by atoms with van der Waals surface area (Å²) < 4.78 is 2.93. The fraction of sp³-hybridized carbons (Fsp3) is 0.250. The fourth-order valence-electron chi connectivity index (χ4n) is 7.74. The molecule has 2 heterocycles. The highest BCUT2D eigenvalue weighted by Crippen LogP contribution is 2.62. The van der Waals surface area contributed by atoms with Gasteiger partial charge in [0.05, 0.1) is 8.47 Å². The highest BCUT2D eigenvalue weighted by molar-refractivity contribution is 8.30. The summed E-state index contributed by atoms with van der Waals surface area (Å²) in [6.45, 7) is 0. The van der Waals surface area contributed by atoms with Crippen LogP contribution in [0.25, 0.3) is 22.9 Å². The van der Waals surface area contributed by atoms with Crippen molar-refractivity contribution in [2.75, 3.05) is 0 Å². The summed E-state index contributed by atoms with van der Waals surface area (Å²) in [5.74, 6) is 4.28. The second-order valence-corrected chi connectivity index (χ2v) is 16.0. The van der Waals surface area contributed by atoms with E-state index in [1.54, 1.807) is 11.1 Å². The van der Waals surface area contributed by atoms with Crippen LogP contribution in [0, 0.1) is 23.7 Å². The van der Waals surface area contributed by atoms with Gasteiger partial charge in [0.1, 0.15) is 0 Å². The first kappa shape index (κ1) is 20.3. The van der Waals surface area contributed by atoms with Crippen LogP contribution in [0.1, 0.15) is 35.8 Å². The lowest BCUT2D eigenvalue weighted by atomic mass is 9.79. The van der Waals surface area contributed by atoms with Gasteiger partial charge in [0.15, 0.2) is 0 Å². The summed E-state index contributed by atoms with van der Waals surface area (Å²) in [7, 11) is 0. The number of fused-ring (bicyclic) bond motifs is 14. The fourth-order valence-corrected chi connectivity index (χ4v) is 13.2. The van der Waals surface area contributed by atoms with E-state index in [9.17, 15) is 0 Å². The van der Waals surface area contributed by atoms with E-state index >= 15 is 0 Å². The number of benzene rings is 3. The Balaban J connectivity index is 1.01. The molecule has 4 heteroatoms. The van der Waals surface area contributed by atoms with Crippen LogP contribution in [0.15, 0.2) is 88.8 Å². The molecule has 0 radical (unpaired) electrons. The van der Waals surface area contributed by atoms with Gasteiger partial charge in [-0.15, -0.1) is 0 Å². The van der Waals surface area contributed by atoms with E-state index in [1.165, 1.54) is 62.1 Å². The minimum absolute atomic E-state index is 0.651. The van der Waals surface area contributed by atoms with Crippen molar-refractivity contribution in [1.29, 1.82) is 0 Å². The van der Waals surface area contributed by atoms with Crippen LogP contribution in [0.2, 0.25) is 0 Å². The number of thioether (sulfide) groups is 4. The molecule has 0 spiro atoms. The zero-order valence-electron chi connectivity index (χ0n) is 19.4. The van der Waals surface area contributed by atoms with Crippen molar-refractivity contribution in [1.82, 2.24) is 0 Å². The third kappa shape index (κ3) is 2.69. The van der Waals surface area contributed by atoms with Crippen LogP contribution < -0.4 is 10.4 Å². The predicted molar refractivity (Wildman–Crippen MR) is 156 cm³/mol. The van der Waals surface area contributed by atoms with E-state index < -0.39 is 0 Å². The zero-order chi connectivity index (χ0) is 23.1. The van der Waals surface area contributed by atoms with Gasteiger partial charge in [-0.3, -0.25) is 0 Å². The van der Waals surface area contributed by atoms with Crippen LogP contribution in [0.5, 0.6) is 0 Å². The van der Waals surface area contributed by atoms with E-state index in [4.69, 9.17) is 0 Å². The maximum absolute atomic E-state index is 2.60. The molecule has 6 atom stereocenters. The molecule has 174 valence electrons. The molecule has 36 heavy (non-hydrogen) atoms. The largest absolute Gasteiger partial charge is 0.0845 e. The van der Waals surface area contributed by atoms with Gasteiger partial charge >= 0.3 is 0 Å². The number of hydrogen-bond donors (Lipinski definition) is 0. The van der Waals surface area contributed by atoms with E-state index in [0.29, 0.717) is 11.8 Å². The molecular weight excluding hydrogens is 513 g/mol. The quantitative estimate of drug-likeness (QED) is 0.266. The minimum atomic E-state index is 0.651. The van der Waals surface area contributed by atoms with Gasteiger partial charge in [0.2, 0.25) is 0 Å². The first-order valence-corrected chi connectivity index (χ1v) is 16.3. The average molecular weight is 535 g/mol. The van der Waals surface area contributed by atoms with Crippen LogP contribution in [-0.2, 0) is 0 Å². The lowest BCUT2D eigenvalue weighted by molar-refractivity contribution is 0.488. The Labute approximate surface area is 227 Å². The molecule has 4 bridgehead atoms. The lowest BCUT2D eigenvalue weighted by Crippen LogP contribution is -2.34. The third-order valence-electron chi connectivity index (χ3n) is 9.44. The Morgan fingerprint density at radius 3 is 1.47 bits per heavy atom. The Morgan fingerprint density at radius 2 is 0.972 bits per heavy atom. The Kier molecular flexibility index (Phi) is 3.95. The molecule has 6 unspecified atom stereocenters. The molecule has 0 aromatic heterocycles. The number of allylic oxidation sites excluding steroid dienone is 4. The van der Waals surface area contributed by atoms with E-state index in [0.717, 1.165) is 23.7 Å². The number of hydrogen-bond acceptors (Lipinski definition) is 4. The standard InChI is InChI=1S/C32H22S4/c1-2-16-5-15(1)23-7-19-11-27-28(12-20(19)8-24(16)23)34-31(33-27)32-35-29-13-21-9-25-17-3-4-18(6-17)26(25)10-22(21)14-30(29)36-32/h1-4,7-18,23-24H,5-6H2. The summed E-state index contributed by atoms with van der Waals surface area (Å²) >= 11 is 7.96. The lowest BCUT2D eigenvalue weighted by Gasteiger charge is -2.25. The normalized spacial score (nSPS) is 33.0. The highest BCUT2D eigenvalue weighted by atomic mass is 32.2. The third-order valence-corrected chi connectivity index (χ3v) is 15.0. The van der Waals surface area contributed by atoms with E-state index in [2.05, 4.69) is 72.9 Å². The van der Waals surface area contributed by atoms with Crippen LogP contribution in [-0.4, -0.2) is 0 Å². The molecule has 3 aromatic rings. The molecular formula is C32H22S4. The maximum atomic E-state index is 2.60. The Morgan fingerprint density at radius 1 is 0.500 bits per heavy atom. The van der Waals surface area contributed by atoms with E-state index in [-0.39, 0.29) is 0 Å². The number of rotatable bonds is 0. The molecule has 0 amide bonds. The molecule has 1 saturated carbocycles. The van der Waals surface area contributed by atoms with Gasteiger partial charge in [0, 0.05) is 31.4 Å². The summed E-state index contributed by atoms with van der Waals surface area (Å²) in [6.07, 6.45) is 17.7. The predicted octanol–water partition coefficient (Wildman–Crippen LogP) is 8.22. The first-order chi connectivity index (χ1) is 17.7. The van der Waals surface area contributed by atoms with Gasteiger partial charge < -0.3 is 0 Å². The van der Waals surface area contributed by atoms with Gasteiger partial charge in [-0.2, -0.15) is 0 Å². The topological polar surface area (TPSA) is 0 Å². The van der Waals surface area contributed by atoms with Crippen molar-refractivity contribution in [2.24, 2.45) is 23.7 Å². The molecule has 0 saturated heterocycles. The van der Waals surface area contributed by atoms with Crippen LogP contribution >= 0.6 is 47.0 Å². The van der Waals surface area contributed by atoms with Crippen molar-refractivity contribution in [3.05, 3.63) is 90.7 Å². The van der Waals surface area contributed by atoms with Gasteiger partial charge in [-0.05, 0) is 93.1 Å². The minimum Gasteiger partial charge on any atom is -0.0845 e. The molecule has 3 aromatic carbocycles. The Hall–Kier alpha value is -1.72. The second kappa shape index (κ2) is 7.02.